The Balaban J connectivity index is 1.57. The topological polar surface area (TPSA) is 116 Å². The molecule has 0 radical (unpaired) electrons. The Kier molecular flexibility index (Phi) is 5.57. The molecule has 4 rings (SSSR count). The number of methoxy groups -OCH3 is 1. The number of hydrogen-bond donors (Lipinski definition) is 3. The minimum atomic E-state index is -0.657. The first-order valence-electron chi connectivity index (χ1n) is 9.76. The minimum Gasteiger partial charge on any atom is -0.496 e. The highest BCUT2D eigenvalue weighted by Gasteiger charge is 2.20. The van der Waals surface area contributed by atoms with E-state index in [4.69, 9.17) is 15.2 Å². The van der Waals surface area contributed by atoms with Gasteiger partial charge in [0, 0.05) is 29.8 Å². The second-order valence-corrected chi connectivity index (χ2v) is 7.21. The van der Waals surface area contributed by atoms with Gasteiger partial charge in [-0.25, -0.2) is 9.18 Å². The van der Waals surface area contributed by atoms with E-state index in [-0.39, 0.29) is 23.0 Å². The Hall–Kier alpha value is -3.88. The number of anilines is 1. The zero-order valence-electron chi connectivity index (χ0n) is 16.8. The van der Waals surface area contributed by atoms with E-state index in [9.17, 15) is 14.0 Å². The molecular weight excluding hydrogens is 403 g/mol. The lowest BCUT2D eigenvalue weighted by Crippen LogP contribution is -2.41. The van der Waals surface area contributed by atoms with E-state index in [1.807, 2.05) is 0 Å². The maximum absolute atomic E-state index is 14.5. The number of nitrogens with zero attached hydrogens (tertiary/aromatic N) is 1. The van der Waals surface area contributed by atoms with Crippen LogP contribution in [-0.4, -0.2) is 30.1 Å². The van der Waals surface area contributed by atoms with Crippen molar-refractivity contribution in [1.29, 1.82) is 0 Å². The predicted octanol–water partition coefficient (Wildman–Crippen LogP) is 3.95. The summed E-state index contributed by atoms with van der Waals surface area (Å²) in [4.78, 5) is 28.0. The number of nitrogens with one attached hydrogen (secondary N) is 2. The molecule has 160 valence electrons. The SMILES string of the molecule is COc1cc2nccc(Oc3ccc(NC(=O)NC4CCC4)c(F)c3)c2cc1C(N)=O. The Morgan fingerprint density at radius 2 is 1.97 bits per heavy atom. The van der Waals surface area contributed by atoms with Crippen LogP contribution in [0.2, 0.25) is 0 Å². The summed E-state index contributed by atoms with van der Waals surface area (Å²) in [6, 6.07) is 8.53. The van der Waals surface area contributed by atoms with Gasteiger partial charge in [0.1, 0.15) is 23.1 Å². The number of amides is 3. The number of aromatic nitrogens is 1. The molecule has 1 heterocycles. The lowest BCUT2D eigenvalue weighted by atomic mass is 9.93. The summed E-state index contributed by atoms with van der Waals surface area (Å²) in [6.07, 6.45) is 4.48. The van der Waals surface area contributed by atoms with E-state index in [2.05, 4.69) is 15.6 Å². The molecule has 8 nitrogen and oxygen atoms in total. The molecule has 1 aromatic heterocycles. The van der Waals surface area contributed by atoms with Gasteiger partial charge in [0.05, 0.1) is 23.9 Å². The molecule has 0 bridgehead atoms. The molecule has 1 fully saturated rings. The number of carbonyl (C=O) groups is 2. The summed E-state index contributed by atoms with van der Waals surface area (Å²) >= 11 is 0. The zero-order chi connectivity index (χ0) is 22.0. The van der Waals surface area contributed by atoms with Gasteiger partial charge >= 0.3 is 6.03 Å². The normalized spacial score (nSPS) is 13.4. The molecule has 0 atom stereocenters. The van der Waals surface area contributed by atoms with Gasteiger partial charge in [0.25, 0.3) is 5.91 Å². The molecule has 3 aromatic rings. The first-order chi connectivity index (χ1) is 14.9. The van der Waals surface area contributed by atoms with E-state index in [1.54, 1.807) is 12.1 Å². The van der Waals surface area contributed by atoms with Crippen LogP contribution in [-0.2, 0) is 0 Å². The van der Waals surface area contributed by atoms with Gasteiger partial charge in [-0.2, -0.15) is 0 Å². The van der Waals surface area contributed by atoms with Gasteiger partial charge in [-0.3, -0.25) is 9.78 Å². The average Bonchev–Trinajstić information content (AvgIpc) is 2.72. The molecule has 0 unspecified atom stereocenters. The number of nitrogens with two attached hydrogens (primary N) is 1. The van der Waals surface area contributed by atoms with Crippen molar-refractivity contribution in [3.63, 3.8) is 0 Å². The molecule has 9 heteroatoms. The van der Waals surface area contributed by atoms with E-state index in [0.717, 1.165) is 19.3 Å². The second kappa shape index (κ2) is 8.47. The Morgan fingerprint density at radius 3 is 2.61 bits per heavy atom. The lowest BCUT2D eigenvalue weighted by Gasteiger charge is -2.26. The quantitative estimate of drug-likeness (QED) is 0.554. The first-order valence-corrected chi connectivity index (χ1v) is 9.76. The molecule has 1 saturated carbocycles. The smallest absolute Gasteiger partial charge is 0.319 e. The third kappa shape index (κ3) is 4.35. The van der Waals surface area contributed by atoms with Crippen molar-refractivity contribution >= 4 is 28.5 Å². The van der Waals surface area contributed by atoms with Crippen LogP contribution in [0, 0.1) is 5.82 Å². The van der Waals surface area contributed by atoms with Crippen molar-refractivity contribution in [2.24, 2.45) is 5.73 Å². The van der Waals surface area contributed by atoms with Crippen LogP contribution in [0.1, 0.15) is 29.6 Å². The third-order valence-electron chi connectivity index (χ3n) is 5.15. The molecule has 2 aromatic carbocycles. The van der Waals surface area contributed by atoms with Crippen LogP contribution in [0.4, 0.5) is 14.9 Å². The fraction of sp³-hybridized carbons (Fsp3) is 0.227. The standard InChI is InChI=1S/C22H21FN4O4/c1-30-20-11-18-14(10-15(20)21(24)28)19(7-8-25-18)31-13-5-6-17(16(23)9-13)27-22(29)26-12-3-2-4-12/h5-12H,2-4H2,1H3,(H2,24,28)(H2,26,27,29). The number of pyridine rings is 1. The molecule has 0 aliphatic heterocycles. The molecule has 0 saturated heterocycles. The highest BCUT2D eigenvalue weighted by molar-refractivity contribution is 6.01. The molecule has 1 aliphatic rings. The van der Waals surface area contributed by atoms with E-state index >= 15 is 0 Å². The van der Waals surface area contributed by atoms with Crippen molar-refractivity contribution in [1.82, 2.24) is 10.3 Å². The summed E-state index contributed by atoms with van der Waals surface area (Å²) in [6.45, 7) is 0. The second-order valence-electron chi connectivity index (χ2n) is 7.21. The molecule has 1 aliphatic carbocycles. The Bertz CT molecular complexity index is 1160. The minimum absolute atomic E-state index is 0.0458. The van der Waals surface area contributed by atoms with Gasteiger partial charge < -0.3 is 25.8 Å². The number of rotatable bonds is 6. The number of fused-ring (bicyclic) bond motifs is 1. The van der Waals surface area contributed by atoms with Crippen molar-refractivity contribution in [2.75, 3.05) is 12.4 Å². The van der Waals surface area contributed by atoms with E-state index in [0.29, 0.717) is 22.4 Å². The zero-order valence-corrected chi connectivity index (χ0v) is 16.8. The van der Waals surface area contributed by atoms with Crippen LogP contribution < -0.4 is 25.8 Å². The molecule has 3 amide bonds. The van der Waals surface area contributed by atoms with Gasteiger partial charge in [-0.15, -0.1) is 0 Å². The number of primary amides is 1. The van der Waals surface area contributed by atoms with Gasteiger partial charge in [0.15, 0.2) is 0 Å². The van der Waals surface area contributed by atoms with Gasteiger partial charge in [-0.1, -0.05) is 0 Å². The highest BCUT2D eigenvalue weighted by Crippen LogP contribution is 2.34. The number of halogens is 1. The van der Waals surface area contributed by atoms with Crippen molar-refractivity contribution < 1.29 is 23.5 Å². The predicted molar refractivity (Wildman–Crippen MR) is 113 cm³/mol. The van der Waals surface area contributed by atoms with Gasteiger partial charge in [-0.05, 0) is 43.5 Å². The van der Waals surface area contributed by atoms with Crippen LogP contribution in [0.3, 0.4) is 0 Å². The number of benzene rings is 2. The summed E-state index contributed by atoms with van der Waals surface area (Å²) in [7, 11) is 1.43. The van der Waals surface area contributed by atoms with Crippen molar-refractivity contribution in [3.8, 4) is 17.2 Å². The van der Waals surface area contributed by atoms with E-state index in [1.165, 1.54) is 37.6 Å². The van der Waals surface area contributed by atoms with Crippen LogP contribution >= 0.6 is 0 Å². The largest absolute Gasteiger partial charge is 0.496 e. The fourth-order valence-corrected chi connectivity index (χ4v) is 3.28. The maximum atomic E-state index is 14.5. The Labute approximate surface area is 177 Å². The van der Waals surface area contributed by atoms with E-state index < -0.39 is 17.8 Å². The van der Waals surface area contributed by atoms with Crippen molar-refractivity contribution in [2.45, 2.75) is 25.3 Å². The summed E-state index contributed by atoms with van der Waals surface area (Å²) in [5.74, 6) is -0.426. The third-order valence-corrected chi connectivity index (χ3v) is 5.15. The summed E-state index contributed by atoms with van der Waals surface area (Å²) < 4.78 is 25.5. The monoisotopic (exact) mass is 424 g/mol. The first kappa shape index (κ1) is 20.4. The summed E-state index contributed by atoms with van der Waals surface area (Å²) in [5, 5.41) is 5.81. The van der Waals surface area contributed by atoms with Gasteiger partial charge in [0.2, 0.25) is 0 Å². The van der Waals surface area contributed by atoms with Crippen LogP contribution in [0.25, 0.3) is 10.9 Å². The number of urea groups is 1. The molecule has 31 heavy (non-hydrogen) atoms. The number of hydrogen-bond acceptors (Lipinski definition) is 5. The lowest BCUT2D eigenvalue weighted by molar-refractivity contribution is 0.0997. The molecule has 0 spiro atoms. The number of carbonyl (C=O) groups excluding carboxylic acids is 2. The van der Waals surface area contributed by atoms with Crippen LogP contribution in [0.15, 0.2) is 42.6 Å². The average molecular weight is 424 g/mol. The molecule has 4 N–H and O–H groups in total. The highest BCUT2D eigenvalue weighted by atomic mass is 19.1. The summed E-state index contributed by atoms with van der Waals surface area (Å²) in [5.41, 5.74) is 6.18. The fourth-order valence-electron chi connectivity index (χ4n) is 3.28. The molecular formula is C22H21FN4O4. The van der Waals surface area contributed by atoms with Crippen LogP contribution in [0.5, 0.6) is 17.2 Å². The van der Waals surface area contributed by atoms with Crippen molar-refractivity contribution in [3.05, 3.63) is 54.0 Å². The maximum Gasteiger partial charge on any atom is 0.319 e. The Morgan fingerprint density at radius 1 is 1.16 bits per heavy atom. The number of ether oxygens (including phenoxy) is 2.